The number of hydrogen-bond donors (Lipinski definition) is 1. The average molecular weight is 259 g/mol. The van der Waals surface area contributed by atoms with Crippen molar-refractivity contribution in [3.05, 3.63) is 18.0 Å². The first-order valence-electron chi connectivity index (χ1n) is 5.53. The molecule has 1 aliphatic rings. The summed E-state index contributed by atoms with van der Waals surface area (Å²) in [6.07, 6.45) is 6.14. The molecule has 1 aromatic rings. The molecule has 96 valence electrons. The molecule has 1 fully saturated rings. The molecule has 1 aromatic heterocycles. The van der Waals surface area contributed by atoms with Gasteiger partial charge in [-0.05, 0) is 12.8 Å². The van der Waals surface area contributed by atoms with Gasteiger partial charge in [-0.15, -0.1) is 0 Å². The third-order valence-corrected chi connectivity index (χ3v) is 3.47. The Morgan fingerprint density at radius 3 is 2.94 bits per heavy atom. The van der Waals surface area contributed by atoms with E-state index >= 15 is 0 Å². The van der Waals surface area contributed by atoms with Gasteiger partial charge >= 0.3 is 0 Å². The highest BCUT2D eigenvalue weighted by atomic mass is 32.2. The Morgan fingerprint density at radius 1 is 1.59 bits per heavy atom. The zero-order valence-corrected chi connectivity index (χ0v) is 10.8. The minimum absolute atomic E-state index is 0.206. The molecule has 2 heterocycles. The van der Waals surface area contributed by atoms with Crippen LogP contribution in [0.15, 0.2) is 12.4 Å². The van der Waals surface area contributed by atoms with Gasteiger partial charge in [0.15, 0.2) is 0 Å². The average Bonchev–Trinajstić information content (AvgIpc) is 2.63. The second kappa shape index (κ2) is 4.75. The Balaban J connectivity index is 2.17. The molecule has 1 N–H and O–H groups in total. The van der Waals surface area contributed by atoms with Gasteiger partial charge in [0.2, 0.25) is 10.0 Å². The second-order valence-corrected chi connectivity index (χ2v) is 6.16. The standard InChI is InChI=1S/C10H17N3O3S/c1-13-7-8(6-11-13)10-9(4-3-5-16-10)12-17(2,14)15/h6-7,9-10,12H,3-5H2,1-2H3/t9-,10+/m0/s1. The van der Waals surface area contributed by atoms with Gasteiger partial charge < -0.3 is 4.74 Å². The Bertz CT molecular complexity index is 483. The maximum Gasteiger partial charge on any atom is 0.209 e. The van der Waals surface area contributed by atoms with Crippen molar-refractivity contribution >= 4 is 10.0 Å². The Kier molecular flexibility index (Phi) is 3.50. The third-order valence-electron chi connectivity index (χ3n) is 2.74. The van der Waals surface area contributed by atoms with Crippen LogP contribution in [0.3, 0.4) is 0 Å². The van der Waals surface area contributed by atoms with Crippen molar-refractivity contribution in [2.75, 3.05) is 12.9 Å². The van der Waals surface area contributed by atoms with Crippen LogP contribution in [0.4, 0.5) is 0 Å². The van der Waals surface area contributed by atoms with E-state index in [1.807, 2.05) is 13.2 Å². The molecular weight excluding hydrogens is 242 g/mol. The van der Waals surface area contributed by atoms with Gasteiger partial charge in [0.05, 0.1) is 18.5 Å². The van der Waals surface area contributed by atoms with Gasteiger partial charge in [-0.3, -0.25) is 4.68 Å². The molecule has 0 aliphatic carbocycles. The smallest absolute Gasteiger partial charge is 0.209 e. The monoisotopic (exact) mass is 259 g/mol. The first-order valence-corrected chi connectivity index (χ1v) is 7.42. The van der Waals surface area contributed by atoms with Gasteiger partial charge in [-0.1, -0.05) is 0 Å². The first kappa shape index (κ1) is 12.5. The molecule has 0 bridgehead atoms. The predicted molar refractivity (Wildman–Crippen MR) is 62.9 cm³/mol. The molecule has 2 rings (SSSR count). The van der Waals surface area contributed by atoms with E-state index in [1.54, 1.807) is 10.9 Å². The van der Waals surface area contributed by atoms with Crippen molar-refractivity contribution in [2.24, 2.45) is 7.05 Å². The van der Waals surface area contributed by atoms with Crippen molar-refractivity contribution < 1.29 is 13.2 Å². The molecule has 0 saturated carbocycles. The van der Waals surface area contributed by atoms with Crippen LogP contribution >= 0.6 is 0 Å². The number of aromatic nitrogens is 2. The van der Waals surface area contributed by atoms with E-state index in [1.165, 1.54) is 6.26 Å². The van der Waals surface area contributed by atoms with Gasteiger partial charge in [0.1, 0.15) is 6.10 Å². The Morgan fingerprint density at radius 2 is 2.35 bits per heavy atom. The number of ether oxygens (including phenoxy) is 1. The lowest BCUT2D eigenvalue weighted by molar-refractivity contribution is -0.00441. The van der Waals surface area contributed by atoms with Gasteiger partial charge in [-0.25, -0.2) is 13.1 Å². The van der Waals surface area contributed by atoms with Crippen molar-refractivity contribution in [3.63, 3.8) is 0 Å². The summed E-state index contributed by atoms with van der Waals surface area (Å²) in [6, 6.07) is -0.206. The van der Waals surface area contributed by atoms with Crippen LogP contribution in [0.1, 0.15) is 24.5 Å². The fourth-order valence-corrected chi connectivity index (χ4v) is 2.88. The molecule has 0 unspecified atom stereocenters. The van der Waals surface area contributed by atoms with Crippen LogP contribution in [0.25, 0.3) is 0 Å². The molecule has 6 nitrogen and oxygen atoms in total. The largest absolute Gasteiger partial charge is 0.372 e. The Hall–Kier alpha value is -0.920. The zero-order chi connectivity index (χ0) is 12.5. The third kappa shape index (κ3) is 3.27. The van der Waals surface area contributed by atoms with E-state index in [0.717, 1.165) is 18.4 Å². The molecule has 0 aromatic carbocycles. The van der Waals surface area contributed by atoms with Crippen molar-refractivity contribution in [1.82, 2.24) is 14.5 Å². The quantitative estimate of drug-likeness (QED) is 0.841. The molecule has 7 heteroatoms. The van der Waals surface area contributed by atoms with Crippen LogP contribution in [-0.2, 0) is 21.8 Å². The van der Waals surface area contributed by atoms with E-state index in [2.05, 4.69) is 9.82 Å². The molecule has 2 atom stereocenters. The maximum atomic E-state index is 11.3. The van der Waals surface area contributed by atoms with Crippen LogP contribution in [0.5, 0.6) is 0 Å². The summed E-state index contributed by atoms with van der Waals surface area (Å²) in [7, 11) is -1.39. The predicted octanol–water partition coefficient (Wildman–Crippen LogP) is 0.189. The number of nitrogens with zero attached hydrogens (tertiary/aromatic N) is 2. The van der Waals surface area contributed by atoms with Gasteiger partial charge in [-0.2, -0.15) is 5.10 Å². The second-order valence-electron chi connectivity index (χ2n) is 4.38. The number of hydrogen-bond acceptors (Lipinski definition) is 4. The maximum absolute atomic E-state index is 11.3. The van der Waals surface area contributed by atoms with Crippen LogP contribution in [-0.4, -0.2) is 37.1 Å². The van der Waals surface area contributed by atoms with Crippen LogP contribution in [0, 0.1) is 0 Å². The number of rotatable bonds is 3. The highest BCUT2D eigenvalue weighted by Crippen LogP contribution is 2.28. The SMILES string of the molecule is Cn1cc([C@H]2OCCC[C@@H]2NS(C)(=O)=O)cn1. The topological polar surface area (TPSA) is 73.2 Å². The summed E-state index contributed by atoms with van der Waals surface area (Å²) in [5.41, 5.74) is 0.911. The highest BCUT2D eigenvalue weighted by Gasteiger charge is 2.30. The summed E-state index contributed by atoms with van der Waals surface area (Å²) in [5, 5.41) is 4.08. The molecular formula is C10H17N3O3S. The molecule has 0 amide bonds. The minimum atomic E-state index is -3.22. The summed E-state index contributed by atoms with van der Waals surface area (Å²) < 4.78 is 32.6. The minimum Gasteiger partial charge on any atom is -0.372 e. The van der Waals surface area contributed by atoms with Crippen LogP contribution in [0.2, 0.25) is 0 Å². The zero-order valence-electron chi connectivity index (χ0n) is 9.96. The Labute approximate surface area is 101 Å². The van der Waals surface area contributed by atoms with Gasteiger partial charge in [0.25, 0.3) is 0 Å². The van der Waals surface area contributed by atoms with Gasteiger partial charge in [0, 0.05) is 25.4 Å². The first-order chi connectivity index (χ1) is 7.96. The van der Waals surface area contributed by atoms with Crippen molar-refractivity contribution in [3.8, 4) is 0 Å². The van der Waals surface area contributed by atoms with E-state index in [4.69, 9.17) is 4.74 Å². The molecule has 17 heavy (non-hydrogen) atoms. The number of nitrogens with one attached hydrogen (secondary N) is 1. The van der Waals surface area contributed by atoms with E-state index in [-0.39, 0.29) is 12.1 Å². The summed E-state index contributed by atoms with van der Waals surface area (Å²) >= 11 is 0. The lowest BCUT2D eigenvalue weighted by Crippen LogP contribution is -2.42. The molecule has 0 spiro atoms. The summed E-state index contributed by atoms with van der Waals surface area (Å²) in [4.78, 5) is 0. The summed E-state index contributed by atoms with van der Waals surface area (Å²) in [5.74, 6) is 0. The van der Waals surface area contributed by atoms with Crippen molar-refractivity contribution in [1.29, 1.82) is 0 Å². The number of sulfonamides is 1. The fraction of sp³-hybridized carbons (Fsp3) is 0.700. The molecule has 0 radical (unpaired) electrons. The summed E-state index contributed by atoms with van der Waals surface area (Å²) in [6.45, 7) is 0.654. The van der Waals surface area contributed by atoms with E-state index < -0.39 is 10.0 Å². The van der Waals surface area contributed by atoms with E-state index in [9.17, 15) is 8.42 Å². The van der Waals surface area contributed by atoms with E-state index in [0.29, 0.717) is 6.61 Å². The molecule has 1 aliphatic heterocycles. The normalized spacial score (nSPS) is 26.0. The number of aryl methyl sites for hydroxylation is 1. The molecule has 1 saturated heterocycles. The van der Waals surface area contributed by atoms with Crippen molar-refractivity contribution in [2.45, 2.75) is 25.0 Å². The fourth-order valence-electron chi connectivity index (χ4n) is 2.09. The highest BCUT2D eigenvalue weighted by molar-refractivity contribution is 7.88. The van der Waals surface area contributed by atoms with Crippen LogP contribution < -0.4 is 4.72 Å². The lowest BCUT2D eigenvalue weighted by atomic mass is 9.99. The lowest BCUT2D eigenvalue weighted by Gasteiger charge is -2.31.